The molecule has 2 amide bonds. The van der Waals surface area contributed by atoms with Crippen LogP contribution in [0.15, 0.2) is 54.6 Å². The fourth-order valence-electron chi connectivity index (χ4n) is 2.91. The monoisotopic (exact) mass is 451 g/mol. The van der Waals surface area contributed by atoms with Gasteiger partial charge in [-0.2, -0.15) is 0 Å². The Morgan fingerprint density at radius 3 is 1.71 bits per heavy atom. The number of carbonyl (C=O) groups excluding carboxylic acids is 2. The van der Waals surface area contributed by atoms with Crippen molar-refractivity contribution in [1.82, 2.24) is 0 Å². The normalized spacial score (nSPS) is 13.1. The minimum atomic E-state index is -0.658. The molecule has 8 heteroatoms. The van der Waals surface area contributed by atoms with Crippen LogP contribution >= 0.6 is 46.4 Å². The van der Waals surface area contributed by atoms with Gasteiger partial charge in [0.15, 0.2) is 5.75 Å². The summed E-state index contributed by atoms with van der Waals surface area (Å²) in [5.41, 5.74) is 0.0816. The van der Waals surface area contributed by atoms with Gasteiger partial charge in [0, 0.05) is 0 Å². The van der Waals surface area contributed by atoms with E-state index in [2.05, 4.69) is 0 Å². The molecule has 0 unspecified atom stereocenters. The lowest BCUT2D eigenvalue weighted by Crippen LogP contribution is -2.29. The van der Waals surface area contributed by atoms with Gasteiger partial charge < -0.3 is 4.74 Å². The molecule has 1 aliphatic heterocycles. The predicted octanol–water partition coefficient (Wildman–Crippen LogP) is 6.89. The molecule has 1 heterocycles. The van der Waals surface area contributed by atoms with E-state index >= 15 is 0 Å². The van der Waals surface area contributed by atoms with E-state index in [-0.39, 0.29) is 36.9 Å². The highest BCUT2D eigenvalue weighted by molar-refractivity contribution is 6.56. The summed E-state index contributed by atoms with van der Waals surface area (Å²) in [5.74, 6) is -0.453. The number of fused-ring (bicyclic) bond motifs is 1. The van der Waals surface area contributed by atoms with Gasteiger partial charge in [-0.3, -0.25) is 9.59 Å². The van der Waals surface area contributed by atoms with Crippen LogP contribution in [-0.2, 0) is 0 Å². The molecular formula is C20H9Cl4NO3. The van der Waals surface area contributed by atoms with E-state index in [1.807, 2.05) is 18.2 Å². The Balaban J connectivity index is 1.84. The van der Waals surface area contributed by atoms with Crippen LogP contribution in [0.25, 0.3) is 0 Å². The van der Waals surface area contributed by atoms with Crippen molar-refractivity contribution in [3.8, 4) is 11.5 Å². The smallest absolute Gasteiger partial charge is 0.267 e. The molecule has 1 aliphatic rings. The first kappa shape index (κ1) is 19.1. The molecule has 28 heavy (non-hydrogen) atoms. The zero-order valence-corrected chi connectivity index (χ0v) is 16.9. The SMILES string of the molecule is O=C1c2c(Cl)c(Cl)c(Cl)c(Cl)c2C(=O)N1c1ccccc1Oc1ccccc1. The Bertz CT molecular complexity index is 1090. The lowest BCUT2D eigenvalue weighted by atomic mass is 10.1. The lowest BCUT2D eigenvalue weighted by Gasteiger charge is -2.18. The van der Waals surface area contributed by atoms with Crippen molar-refractivity contribution in [2.75, 3.05) is 4.90 Å². The third-order valence-corrected chi connectivity index (χ3v) is 5.98. The van der Waals surface area contributed by atoms with Gasteiger partial charge in [0.1, 0.15) is 5.75 Å². The topological polar surface area (TPSA) is 46.6 Å². The summed E-state index contributed by atoms with van der Waals surface area (Å²) in [4.78, 5) is 27.1. The maximum atomic E-state index is 13.1. The molecule has 4 nitrogen and oxygen atoms in total. The van der Waals surface area contributed by atoms with E-state index in [0.29, 0.717) is 11.5 Å². The van der Waals surface area contributed by atoms with Crippen molar-refractivity contribution in [3.05, 3.63) is 85.8 Å². The lowest BCUT2D eigenvalue weighted by molar-refractivity contribution is 0.0925. The number of anilines is 1. The van der Waals surface area contributed by atoms with Gasteiger partial charge in [-0.05, 0) is 24.3 Å². The number of ether oxygens (including phenoxy) is 1. The minimum Gasteiger partial charge on any atom is -0.455 e. The Morgan fingerprint density at radius 1 is 0.643 bits per heavy atom. The van der Waals surface area contributed by atoms with Crippen LogP contribution in [0.1, 0.15) is 20.7 Å². The van der Waals surface area contributed by atoms with Gasteiger partial charge in [-0.25, -0.2) is 4.90 Å². The Labute approximate surface area is 180 Å². The standard InChI is InChI=1S/C20H9Cl4NO3/c21-15-13-14(16(22)18(24)17(15)23)20(27)25(19(13)26)11-8-4-5-9-12(11)28-10-6-2-1-3-7-10/h1-9H. The Morgan fingerprint density at radius 2 is 1.14 bits per heavy atom. The zero-order valence-electron chi connectivity index (χ0n) is 13.9. The highest BCUT2D eigenvalue weighted by atomic mass is 35.5. The molecule has 4 rings (SSSR count). The fraction of sp³-hybridized carbons (Fsp3) is 0. The molecule has 0 radical (unpaired) electrons. The van der Waals surface area contributed by atoms with Gasteiger partial charge in [0.25, 0.3) is 11.8 Å². The summed E-state index contributed by atoms with van der Waals surface area (Å²) < 4.78 is 5.86. The minimum absolute atomic E-state index is 0.0797. The number of hydrogen-bond acceptors (Lipinski definition) is 3. The summed E-state index contributed by atoms with van der Waals surface area (Å²) in [6.45, 7) is 0. The predicted molar refractivity (Wildman–Crippen MR) is 111 cm³/mol. The zero-order chi connectivity index (χ0) is 20.0. The van der Waals surface area contributed by atoms with E-state index < -0.39 is 11.8 Å². The number of rotatable bonds is 3. The number of halogens is 4. The second-order valence-electron chi connectivity index (χ2n) is 5.83. The average molecular weight is 453 g/mol. The number of benzene rings is 3. The molecule has 0 saturated heterocycles. The number of carbonyl (C=O) groups is 2. The summed E-state index contributed by atoms with van der Waals surface area (Å²) in [6, 6.07) is 15.6. The summed E-state index contributed by atoms with van der Waals surface area (Å²) in [7, 11) is 0. The molecule has 0 N–H and O–H groups in total. The number of amides is 2. The van der Waals surface area contributed by atoms with Crippen LogP contribution in [-0.4, -0.2) is 11.8 Å². The number of imide groups is 1. The first-order valence-electron chi connectivity index (χ1n) is 7.98. The molecule has 0 fully saturated rings. The highest BCUT2D eigenvalue weighted by Gasteiger charge is 2.43. The van der Waals surface area contributed by atoms with Crippen LogP contribution in [0.3, 0.4) is 0 Å². The third kappa shape index (κ3) is 2.93. The average Bonchev–Trinajstić information content (AvgIpc) is 2.96. The van der Waals surface area contributed by atoms with Crippen molar-refractivity contribution in [2.24, 2.45) is 0 Å². The van der Waals surface area contributed by atoms with E-state index in [9.17, 15) is 9.59 Å². The van der Waals surface area contributed by atoms with Crippen LogP contribution in [0.5, 0.6) is 11.5 Å². The van der Waals surface area contributed by atoms with Crippen LogP contribution in [0, 0.1) is 0 Å². The second-order valence-corrected chi connectivity index (χ2v) is 7.35. The van der Waals surface area contributed by atoms with E-state index in [4.69, 9.17) is 51.1 Å². The maximum Gasteiger partial charge on any atom is 0.267 e. The van der Waals surface area contributed by atoms with Crippen molar-refractivity contribution in [3.63, 3.8) is 0 Å². The van der Waals surface area contributed by atoms with Crippen LogP contribution < -0.4 is 9.64 Å². The summed E-state index contributed by atoms with van der Waals surface area (Å²) >= 11 is 24.5. The molecule has 140 valence electrons. The van der Waals surface area contributed by atoms with Gasteiger partial charge in [-0.1, -0.05) is 76.7 Å². The van der Waals surface area contributed by atoms with Crippen LogP contribution in [0.2, 0.25) is 20.1 Å². The maximum absolute atomic E-state index is 13.1. The highest BCUT2D eigenvalue weighted by Crippen LogP contribution is 2.47. The molecule has 0 spiro atoms. The fourth-order valence-corrected chi connectivity index (χ4v) is 3.93. The summed E-state index contributed by atoms with van der Waals surface area (Å²) in [5, 5.41) is -0.394. The number of nitrogens with zero attached hydrogens (tertiary/aromatic N) is 1. The molecule has 0 bridgehead atoms. The molecule has 0 aromatic heterocycles. The van der Waals surface area contributed by atoms with Gasteiger partial charge in [0.2, 0.25) is 0 Å². The van der Waals surface area contributed by atoms with E-state index in [1.165, 1.54) is 0 Å². The molecular weight excluding hydrogens is 444 g/mol. The largest absolute Gasteiger partial charge is 0.455 e. The van der Waals surface area contributed by atoms with Gasteiger partial charge in [0.05, 0.1) is 36.9 Å². The van der Waals surface area contributed by atoms with Crippen molar-refractivity contribution >= 4 is 63.9 Å². The molecule has 3 aromatic rings. The molecule has 0 atom stereocenters. The van der Waals surface area contributed by atoms with Gasteiger partial charge in [-0.15, -0.1) is 0 Å². The number of hydrogen-bond donors (Lipinski definition) is 0. The molecule has 0 saturated carbocycles. The third-order valence-electron chi connectivity index (χ3n) is 4.18. The van der Waals surface area contributed by atoms with Crippen molar-refractivity contribution < 1.29 is 14.3 Å². The van der Waals surface area contributed by atoms with E-state index in [0.717, 1.165) is 4.90 Å². The molecule has 3 aromatic carbocycles. The summed E-state index contributed by atoms with van der Waals surface area (Å²) in [6.07, 6.45) is 0. The van der Waals surface area contributed by atoms with Crippen molar-refractivity contribution in [2.45, 2.75) is 0 Å². The quantitative estimate of drug-likeness (QED) is 0.247. The van der Waals surface area contributed by atoms with E-state index in [1.54, 1.807) is 36.4 Å². The second kappa shape index (κ2) is 7.30. The first-order chi connectivity index (χ1) is 13.4. The van der Waals surface area contributed by atoms with Crippen molar-refractivity contribution in [1.29, 1.82) is 0 Å². The Hall–Kier alpha value is -2.24. The Kier molecular flexibility index (Phi) is 4.98. The number of para-hydroxylation sites is 3. The molecule has 0 aliphatic carbocycles. The van der Waals surface area contributed by atoms with Gasteiger partial charge >= 0.3 is 0 Å². The van der Waals surface area contributed by atoms with Crippen LogP contribution in [0.4, 0.5) is 5.69 Å². The first-order valence-corrected chi connectivity index (χ1v) is 9.49.